The van der Waals surface area contributed by atoms with Gasteiger partial charge >= 0.3 is 6.03 Å². The zero-order valence-corrected chi connectivity index (χ0v) is 19.7. The molecule has 4 rings (SSSR count). The molecule has 35 heavy (non-hydrogen) atoms. The highest BCUT2D eigenvalue weighted by molar-refractivity contribution is 7.99. The second-order valence-electron chi connectivity index (χ2n) is 7.64. The largest absolute Gasteiger partial charge is 0.344 e. The van der Waals surface area contributed by atoms with E-state index in [1.54, 1.807) is 50.4 Å². The summed E-state index contributed by atoms with van der Waals surface area (Å²) >= 11 is 1.18. The van der Waals surface area contributed by atoms with E-state index < -0.39 is 23.4 Å². The van der Waals surface area contributed by atoms with E-state index in [9.17, 15) is 19.2 Å². The number of tetrazole rings is 1. The van der Waals surface area contributed by atoms with Crippen LogP contribution in [0.3, 0.4) is 0 Å². The lowest BCUT2D eigenvalue weighted by atomic mass is 9.87. The maximum Gasteiger partial charge on any atom is 0.344 e. The van der Waals surface area contributed by atoms with Gasteiger partial charge in [0.15, 0.2) is 0 Å². The van der Waals surface area contributed by atoms with Crippen LogP contribution in [0.4, 0.5) is 10.5 Å². The number of aromatic nitrogens is 4. The van der Waals surface area contributed by atoms with Gasteiger partial charge in [0.05, 0.1) is 5.75 Å². The molecule has 5 amide bonds. The Bertz CT molecular complexity index is 1260. The van der Waals surface area contributed by atoms with Crippen LogP contribution in [-0.2, 0) is 22.2 Å². The molecule has 1 aromatic heterocycles. The maximum atomic E-state index is 13.1. The van der Waals surface area contributed by atoms with E-state index in [-0.39, 0.29) is 17.2 Å². The van der Waals surface area contributed by atoms with Crippen LogP contribution in [0, 0.1) is 0 Å². The van der Waals surface area contributed by atoms with Crippen molar-refractivity contribution in [1.29, 1.82) is 0 Å². The molecule has 2 aromatic carbocycles. The minimum absolute atomic E-state index is 0.100. The fourth-order valence-corrected chi connectivity index (χ4v) is 4.23. The Hall–Kier alpha value is -4.26. The van der Waals surface area contributed by atoms with E-state index in [1.165, 1.54) is 28.6 Å². The van der Waals surface area contributed by atoms with Gasteiger partial charge in [0.1, 0.15) is 5.54 Å². The highest BCUT2D eigenvalue weighted by Gasteiger charge is 2.52. The molecule has 1 aliphatic rings. The van der Waals surface area contributed by atoms with Gasteiger partial charge in [-0.15, -0.1) is 5.10 Å². The molecule has 0 spiro atoms. The van der Waals surface area contributed by atoms with Crippen molar-refractivity contribution >= 4 is 41.2 Å². The van der Waals surface area contributed by atoms with Crippen LogP contribution in [0.5, 0.6) is 0 Å². The monoisotopic (exact) mass is 494 g/mol. The van der Waals surface area contributed by atoms with Crippen LogP contribution in [0.1, 0.15) is 29.3 Å². The number of nitrogens with zero attached hydrogens (tertiary/aromatic N) is 5. The number of benzene rings is 2. The number of imide groups is 1. The van der Waals surface area contributed by atoms with Crippen LogP contribution in [0.15, 0.2) is 59.8 Å². The fourth-order valence-electron chi connectivity index (χ4n) is 3.58. The van der Waals surface area contributed by atoms with Crippen molar-refractivity contribution in [3.63, 3.8) is 0 Å². The molecule has 1 saturated heterocycles. The van der Waals surface area contributed by atoms with E-state index in [0.717, 1.165) is 0 Å². The van der Waals surface area contributed by atoms with Gasteiger partial charge < -0.3 is 10.6 Å². The number of hydrogen-bond acceptors (Lipinski definition) is 8. The number of nitrogens with one attached hydrogen (secondary N) is 3. The van der Waals surface area contributed by atoms with Crippen molar-refractivity contribution in [3.05, 3.63) is 65.7 Å². The van der Waals surface area contributed by atoms with Gasteiger partial charge in [-0.05, 0) is 46.7 Å². The second kappa shape index (κ2) is 9.93. The molecule has 1 fully saturated rings. The molecule has 0 radical (unpaired) electrons. The molecule has 0 bridgehead atoms. The number of hydrogen-bond donors (Lipinski definition) is 3. The van der Waals surface area contributed by atoms with E-state index >= 15 is 0 Å². The van der Waals surface area contributed by atoms with Gasteiger partial charge in [-0.1, -0.05) is 49.0 Å². The molecule has 12 nitrogen and oxygen atoms in total. The highest BCUT2D eigenvalue weighted by atomic mass is 32.2. The summed E-state index contributed by atoms with van der Waals surface area (Å²) in [6.07, 6.45) is 0.313. The number of urea groups is 1. The van der Waals surface area contributed by atoms with E-state index in [0.29, 0.717) is 27.8 Å². The summed E-state index contributed by atoms with van der Waals surface area (Å²) in [5.74, 6) is -1.38. The minimum Gasteiger partial charge on any atom is -0.325 e. The van der Waals surface area contributed by atoms with Crippen molar-refractivity contribution < 1.29 is 19.2 Å². The smallest absolute Gasteiger partial charge is 0.325 e. The van der Waals surface area contributed by atoms with Crippen LogP contribution in [-0.4, -0.2) is 54.7 Å². The molecular formula is C22H22N8O4S. The fraction of sp³-hybridized carbons (Fsp3) is 0.227. The Labute approximate surface area is 204 Å². The predicted octanol–water partition coefficient (Wildman–Crippen LogP) is 1.44. The molecule has 13 heteroatoms. The second-order valence-corrected chi connectivity index (χ2v) is 8.58. The third-order valence-electron chi connectivity index (χ3n) is 5.45. The van der Waals surface area contributed by atoms with Gasteiger partial charge in [0.25, 0.3) is 11.8 Å². The topological polar surface area (TPSA) is 151 Å². The molecule has 180 valence electrons. The Morgan fingerprint density at radius 1 is 1.09 bits per heavy atom. The number of anilines is 1. The zero-order valence-electron chi connectivity index (χ0n) is 18.9. The van der Waals surface area contributed by atoms with E-state index in [4.69, 9.17) is 0 Å². The Morgan fingerprint density at radius 3 is 2.43 bits per heavy atom. The highest BCUT2D eigenvalue weighted by Crippen LogP contribution is 2.31. The van der Waals surface area contributed by atoms with E-state index in [1.807, 2.05) is 6.07 Å². The maximum absolute atomic E-state index is 13.1. The summed E-state index contributed by atoms with van der Waals surface area (Å²) in [7, 11) is 1.67. The number of carbonyl (C=O) groups is 4. The molecule has 0 unspecified atom stereocenters. The molecule has 0 saturated carbocycles. The number of amides is 5. The average molecular weight is 495 g/mol. The van der Waals surface area contributed by atoms with Crippen molar-refractivity contribution in [2.75, 3.05) is 11.1 Å². The molecule has 1 aliphatic heterocycles. The quantitative estimate of drug-likeness (QED) is 0.314. The van der Waals surface area contributed by atoms with Crippen LogP contribution in [0.25, 0.3) is 0 Å². The predicted molar refractivity (Wildman–Crippen MR) is 126 cm³/mol. The van der Waals surface area contributed by atoms with Gasteiger partial charge in [0.2, 0.25) is 11.1 Å². The van der Waals surface area contributed by atoms with Crippen LogP contribution in [0.2, 0.25) is 0 Å². The lowest BCUT2D eigenvalue weighted by molar-refractivity contribution is -0.133. The standard InChI is InChI=1S/C22H22N8O4S/c1-3-22(15-7-5-4-6-8-15)19(33)30(20(34)24-22)26-18(32)14-9-11-16(12-10-14)23-17(31)13-35-21-25-27-28-29(21)2/h4-12H,3,13H2,1-2H3,(H,23,31)(H,24,34)(H,26,32)/t22-/m0/s1. The minimum atomic E-state index is -1.25. The lowest BCUT2D eigenvalue weighted by Gasteiger charge is -2.25. The number of carbonyl (C=O) groups excluding carboxylic acids is 4. The lowest BCUT2D eigenvalue weighted by Crippen LogP contribution is -2.48. The van der Waals surface area contributed by atoms with Crippen molar-refractivity contribution in [1.82, 2.24) is 36.0 Å². The number of rotatable bonds is 8. The van der Waals surface area contributed by atoms with Crippen molar-refractivity contribution in [2.45, 2.75) is 24.0 Å². The molecular weight excluding hydrogens is 472 g/mol. The summed E-state index contributed by atoms with van der Waals surface area (Å²) in [6.45, 7) is 1.78. The summed E-state index contributed by atoms with van der Waals surface area (Å²) in [6, 6.07) is 14.2. The normalized spacial score (nSPS) is 17.3. The molecule has 3 aromatic rings. The first-order chi connectivity index (χ1) is 16.8. The van der Waals surface area contributed by atoms with Crippen molar-refractivity contribution in [3.8, 4) is 0 Å². The Balaban J connectivity index is 1.37. The van der Waals surface area contributed by atoms with Gasteiger partial charge in [-0.25, -0.2) is 9.48 Å². The number of hydrazine groups is 1. The first-order valence-electron chi connectivity index (χ1n) is 10.6. The summed E-state index contributed by atoms with van der Waals surface area (Å²) in [5, 5.41) is 17.6. The zero-order chi connectivity index (χ0) is 25.0. The Kier molecular flexibility index (Phi) is 6.78. The first-order valence-corrected chi connectivity index (χ1v) is 11.6. The van der Waals surface area contributed by atoms with Gasteiger partial charge in [0, 0.05) is 18.3 Å². The molecule has 0 aliphatic carbocycles. The number of aryl methyl sites for hydroxylation is 1. The molecule has 3 N–H and O–H groups in total. The summed E-state index contributed by atoms with van der Waals surface area (Å²) < 4.78 is 1.46. The molecule has 2 heterocycles. The van der Waals surface area contributed by atoms with E-state index in [2.05, 4.69) is 31.6 Å². The third-order valence-corrected chi connectivity index (χ3v) is 6.46. The number of thioether (sulfide) groups is 1. The summed E-state index contributed by atoms with van der Waals surface area (Å²) in [4.78, 5) is 50.6. The van der Waals surface area contributed by atoms with Crippen LogP contribution >= 0.6 is 11.8 Å². The van der Waals surface area contributed by atoms with Crippen LogP contribution < -0.4 is 16.1 Å². The third kappa shape index (κ3) is 4.84. The first kappa shape index (κ1) is 23.9. The average Bonchev–Trinajstić information content (AvgIpc) is 3.39. The van der Waals surface area contributed by atoms with Gasteiger partial charge in [-0.3, -0.25) is 19.8 Å². The van der Waals surface area contributed by atoms with Crippen molar-refractivity contribution in [2.24, 2.45) is 7.05 Å². The molecule has 1 atom stereocenters. The Morgan fingerprint density at radius 2 is 1.80 bits per heavy atom. The SMILES string of the molecule is CC[C@@]1(c2ccccc2)NC(=O)N(NC(=O)c2ccc(NC(=O)CSc3nnnn3C)cc2)C1=O. The summed E-state index contributed by atoms with van der Waals surface area (Å²) in [5.41, 5.74) is 2.44. The van der Waals surface area contributed by atoms with Gasteiger partial charge in [-0.2, -0.15) is 5.01 Å².